The Labute approximate surface area is 200 Å². The zero-order valence-corrected chi connectivity index (χ0v) is 20.3. The van der Waals surface area contributed by atoms with Gasteiger partial charge in [-0.25, -0.2) is 0 Å². The Morgan fingerprint density at radius 2 is 2.06 bits per heavy atom. The van der Waals surface area contributed by atoms with Crippen molar-refractivity contribution in [2.45, 2.75) is 64.7 Å². The highest BCUT2D eigenvalue weighted by atomic mass is 16.5. The van der Waals surface area contributed by atoms with Gasteiger partial charge in [0.15, 0.2) is 5.58 Å². The summed E-state index contributed by atoms with van der Waals surface area (Å²) < 4.78 is 12.9. The number of nitrogens with one attached hydrogen (secondary N) is 1. The second-order valence-corrected chi connectivity index (χ2v) is 10.1. The molecule has 0 bridgehead atoms. The van der Waals surface area contributed by atoms with Crippen LogP contribution in [-0.2, 0) is 17.9 Å². The van der Waals surface area contributed by atoms with E-state index in [0.29, 0.717) is 36.2 Å². The molecule has 2 aliphatic rings. The molecule has 7 heteroatoms. The summed E-state index contributed by atoms with van der Waals surface area (Å²) in [7, 11) is 1.62. The third-order valence-corrected chi connectivity index (χ3v) is 8.04. The number of carbonyl (C=O) groups excluding carboxylic acids is 2. The van der Waals surface area contributed by atoms with Gasteiger partial charge in [-0.15, -0.1) is 0 Å². The molecule has 1 aromatic carbocycles. The largest absolute Gasteiger partial charge is 0.497 e. The summed E-state index contributed by atoms with van der Waals surface area (Å²) in [5.41, 5.74) is 1.89. The fourth-order valence-electron chi connectivity index (χ4n) is 5.58. The number of amides is 2. The first-order chi connectivity index (χ1) is 16.3. The van der Waals surface area contributed by atoms with Crippen LogP contribution in [0.2, 0.25) is 0 Å². The normalized spacial score (nSPS) is 27.0. The summed E-state index contributed by atoms with van der Waals surface area (Å²) in [5, 5.41) is 3.34. The van der Waals surface area contributed by atoms with E-state index in [1.807, 2.05) is 41.8 Å². The maximum Gasteiger partial charge on any atom is 0.271 e. The third kappa shape index (κ3) is 3.67. The summed E-state index contributed by atoms with van der Waals surface area (Å²) in [4.78, 5) is 29.5. The van der Waals surface area contributed by atoms with Gasteiger partial charge in [0.1, 0.15) is 17.0 Å². The van der Waals surface area contributed by atoms with Crippen LogP contribution < -0.4 is 10.1 Å². The Hall–Kier alpha value is -3.22. The number of aromatic nitrogens is 1. The zero-order valence-electron chi connectivity index (χ0n) is 20.3. The van der Waals surface area contributed by atoms with E-state index >= 15 is 0 Å². The van der Waals surface area contributed by atoms with Crippen molar-refractivity contribution in [2.24, 2.45) is 11.8 Å². The van der Waals surface area contributed by atoms with E-state index in [0.717, 1.165) is 29.7 Å². The highest BCUT2D eigenvalue weighted by molar-refractivity contribution is 6.02. The van der Waals surface area contributed by atoms with Crippen LogP contribution in [0.25, 0.3) is 11.1 Å². The predicted molar refractivity (Wildman–Crippen MR) is 130 cm³/mol. The molecule has 0 unspecified atom stereocenters. The average Bonchev–Trinajstić information content (AvgIpc) is 3.42. The molecule has 180 valence electrons. The van der Waals surface area contributed by atoms with Crippen LogP contribution in [0, 0.1) is 11.8 Å². The van der Waals surface area contributed by atoms with Gasteiger partial charge in [-0.1, -0.05) is 38.8 Å². The first-order valence-corrected chi connectivity index (χ1v) is 12.1. The van der Waals surface area contributed by atoms with Gasteiger partial charge < -0.3 is 23.9 Å². The molecular weight excluding hydrogens is 430 g/mol. The number of nitrogens with zero attached hydrogens (tertiary/aromatic N) is 2. The standard InChI is InChI=1S/C27H33N3O4/c1-17-7-5-10-21(18(17)2)28-26(32)27(3)16-29-22-11-12-34-24(22)14-23(29)25(31)30(27)15-19-8-6-9-20(13-19)33-4/h6,8-9,11-14,17-18,21H,5,7,10,15-16H2,1-4H3,(H,28,32)/t17-,18+,21+,27+/m0/s1. The van der Waals surface area contributed by atoms with Gasteiger partial charge in [-0.2, -0.15) is 0 Å². The molecule has 0 spiro atoms. The average molecular weight is 464 g/mol. The van der Waals surface area contributed by atoms with E-state index in [9.17, 15) is 9.59 Å². The first kappa shape index (κ1) is 22.6. The second-order valence-electron chi connectivity index (χ2n) is 10.1. The van der Waals surface area contributed by atoms with Crippen LogP contribution in [0.1, 0.15) is 56.1 Å². The van der Waals surface area contributed by atoms with E-state index in [1.165, 1.54) is 6.42 Å². The molecule has 1 saturated carbocycles. The van der Waals surface area contributed by atoms with Gasteiger partial charge >= 0.3 is 0 Å². The Morgan fingerprint density at radius 3 is 2.85 bits per heavy atom. The van der Waals surface area contributed by atoms with Gasteiger partial charge in [0.25, 0.3) is 5.91 Å². The SMILES string of the molecule is COc1cccc(CN2C(=O)c3cc4occc4n3C[C@]2(C)C(=O)N[C@@H]2CCC[C@H](C)[C@H]2C)c1. The molecule has 0 saturated heterocycles. The second kappa shape index (κ2) is 8.53. The van der Waals surface area contributed by atoms with Crippen molar-refractivity contribution in [2.75, 3.05) is 7.11 Å². The van der Waals surface area contributed by atoms with Gasteiger partial charge in [-0.05, 0) is 42.9 Å². The molecule has 3 heterocycles. The molecule has 7 nitrogen and oxygen atoms in total. The first-order valence-electron chi connectivity index (χ1n) is 12.1. The minimum absolute atomic E-state index is 0.106. The number of rotatable bonds is 5. The molecule has 2 aromatic heterocycles. The number of furan rings is 1. The van der Waals surface area contributed by atoms with Gasteiger partial charge in [0, 0.05) is 24.7 Å². The highest BCUT2D eigenvalue weighted by Crippen LogP contribution is 2.35. The molecular formula is C27H33N3O4. The van der Waals surface area contributed by atoms with Crippen molar-refractivity contribution in [3.05, 3.63) is 53.9 Å². The number of carbonyl (C=O) groups is 2. The van der Waals surface area contributed by atoms with Crippen molar-refractivity contribution >= 4 is 22.9 Å². The van der Waals surface area contributed by atoms with Gasteiger partial charge in [0.2, 0.25) is 5.91 Å². The molecule has 1 N–H and O–H groups in total. The Bertz CT molecular complexity index is 1230. The summed E-state index contributed by atoms with van der Waals surface area (Å²) in [6.45, 7) is 7.03. The van der Waals surface area contributed by atoms with E-state index in [1.54, 1.807) is 24.3 Å². The Balaban J connectivity index is 1.52. The maximum atomic E-state index is 13.9. The predicted octanol–water partition coefficient (Wildman–Crippen LogP) is 4.60. The lowest BCUT2D eigenvalue weighted by Crippen LogP contribution is -2.65. The molecule has 34 heavy (non-hydrogen) atoms. The van der Waals surface area contributed by atoms with Crippen molar-refractivity contribution in [1.82, 2.24) is 14.8 Å². The molecule has 2 amide bonds. The number of hydrogen-bond acceptors (Lipinski definition) is 4. The Morgan fingerprint density at radius 1 is 1.24 bits per heavy atom. The summed E-state index contributed by atoms with van der Waals surface area (Å²) in [6.07, 6.45) is 4.89. The molecule has 1 fully saturated rings. The van der Waals surface area contributed by atoms with Crippen LogP contribution in [0.4, 0.5) is 0 Å². The zero-order chi connectivity index (χ0) is 24.0. The van der Waals surface area contributed by atoms with Crippen LogP contribution in [0.5, 0.6) is 5.75 Å². The van der Waals surface area contributed by atoms with Crippen molar-refractivity contribution in [3.8, 4) is 5.75 Å². The lowest BCUT2D eigenvalue weighted by Gasteiger charge is -2.45. The lowest BCUT2D eigenvalue weighted by molar-refractivity contribution is -0.134. The number of hydrogen-bond donors (Lipinski definition) is 1. The van der Waals surface area contributed by atoms with Crippen molar-refractivity contribution in [3.63, 3.8) is 0 Å². The van der Waals surface area contributed by atoms with Gasteiger partial charge in [0.05, 0.1) is 25.4 Å². The van der Waals surface area contributed by atoms with Crippen LogP contribution >= 0.6 is 0 Å². The van der Waals surface area contributed by atoms with Crippen LogP contribution in [-0.4, -0.2) is 40.0 Å². The van der Waals surface area contributed by atoms with E-state index in [-0.39, 0.29) is 17.9 Å². The summed E-state index contributed by atoms with van der Waals surface area (Å²) in [5.74, 6) is 1.40. The highest BCUT2D eigenvalue weighted by Gasteiger charge is 2.48. The van der Waals surface area contributed by atoms with Crippen LogP contribution in [0.15, 0.2) is 47.1 Å². The smallest absolute Gasteiger partial charge is 0.271 e. The molecule has 0 radical (unpaired) electrons. The topological polar surface area (TPSA) is 76.7 Å². The minimum atomic E-state index is -1.06. The number of ether oxygens (including phenoxy) is 1. The molecule has 1 aliphatic carbocycles. The van der Waals surface area contributed by atoms with Crippen LogP contribution in [0.3, 0.4) is 0 Å². The number of benzene rings is 1. The van der Waals surface area contributed by atoms with E-state index in [2.05, 4.69) is 19.2 Å². The van der Waals surface area contributed by atoms with E-state index in [4.69, 9.17) is 9.15 Å². The molecule has 5 rings (SSSR count). The number of fused-ring (bicyclic) bond motifs is 3. The van der Waals surface area contributed by atoms with Gasteiger partial charge in [-0.3, -0.25) is 9.59 Å². The number of methoxy groups -OCH3 is 1. The fourth-order valence-corrected chi connectivity index (χ4v) is 5.58. The molecule has 3 aromatic rings. The quantitative estimate of drug-likeness (QED) is 0.600. The minimum Gasteiger partial charge on any atom is -0.497 e. The molecule has 4 atom stereocenters. The summed E-state index contributed by atoms with van der Waals surface area (Å²) >= 11 is 0. The maximum absolute atomic E-state index is 13.9. The van der Waals surface area contributed by atoms with E-state index < -0.39 is 5.54 Å². The van der Waals surface area contributed by atoms with Crippen molar-refractivity contribution < 1.29 is 18.7 Å². The Kier molecular flexibility index (Phi) is 5.66. The van der Waals surface area contributed by atoms with Crippen molar-refractivity contribution in [1.29, 1.82) is 0 Å². The third-order valence-electron chi connectivity index (χ3n) is 8.04. The molecule has 1 aliphatic heterocycles. The lowest BCUT2D eigenvalue weighted by atomic mass is 9.77. The fraction of sp³-hybridized carbons (Fsp3) is 0.481. The monoisotopic (exact) mass is 463 g/mol. The summed E-state index contributed by atoms with van der Waals surface area (Å²) in [6, 6.07) is 11.4.